The van der Waals surface area contributed by atoms with Crippen LogP contribution >= 0.6 is 0 Å². The summed E-state index contributed by atoms with van der Waals surface area (Å²) in [5, 5.41) is 2.97. The molecule has 1 aromatic rings. The normalized spacial score (nSPS) is 18.0. The van der Waals surface area contributed by atoms with Gasteiger partial charge in [0.1, 0.15) is 0 Å². The Hall–Kier alpha value is -2.70. The molecule has 1 saturated carbocycles. The van der Waals surface area contributed by atoms with Crippen molar-refractivity contribution >= 4 is 23.7 Å². The van der Waals surface area contributed by atoms with Crippen LogP contribution < -0.4 is 5.32 Å². The molecule has 7 nitrogen and oxygen atoms in total. The third kappa shape index (κ3) is 4.89. The zero-order chi connectivity index (χ0) is 21.7. The van der Waals surface area contributed by atoms with E-state index in [1.165, 1.54) is 35.9 Å². The highest BCUT2D eigenvalue weighted by Crippen LogP contribution is 2.25. The number of nitrogens with one attached hydrogen (secondary N) is 1. The number of nitrogens with zero attached hydrogens (tertiary/aromatic N) is 1. The van der Waals surface area contributed by atoms with Gasteiger partial charge in [-0.05, 0) is 44.4 Å². The van der Waals surface area contributed by atoms with Crippen molar-refractivity contribution in [3.05, 3.63) is 34.9 Å². The molecule has 2 aliphatic rings. The largest absolute Gasteiger partial charge is 0.449 e. The van der Waals surface area contributed by atoms with E-state index in [9.17, 15) is 19.2 Å². The summed E-state index contributed by atoms with van der Waals surface area (Å²) in [5.74, 6) is -1.72. The van der Waals surface area contributed by atoms with Gasteiger partial charge in [0, 0.05) is 12.6 Å². The molecule has 30 heavy (non-hydrogen) atoms. The van der Waals surface area contributed by atoms with Crippen LogP contribution in [-0.2, 0) is 9.53 Å². The smallest absolute Gasteiger partial charge is 0.338 e. The van der Waals surface area contributed by atoms with E-state index < -0.39 is 18.0 Å². The van der Waals surface area contributed by atoms with Crippen LogP contribution in [-0.4, -0.2) is 47.3 Å². The van der Waals surface area contributed by atoms with Gasteiger partial charge in [-0.15, -0.1) is 0 Å². The number of esters is 1. The number of amides is 3. The molecule has 1 aliphatic carbocycles. The predicted molar refractivity (Wildman–Crippen MR) is 111 cm³/mol. The number of rotatable bonds is 7. The van der Waals surface area contributed by atoms with Gasteiger partial charge in [0.25, 0.3) is 17.7 Å². The standard InChI is InChI=1S/C23H30N2O5/c1-3-4-13-25-21(27)18-12-11-16(14-19(18)22(25)28)23(29)30-15(2)20(26)24-17-9-7-5-6-8-10-17/h11-12,14-15,17H,3-10,13H2,1-2H3,(H,24,26)/t15-/m0/s1. The summed E-state index contributed by atoms with van der Waals surface area (Å²) in [6.07, 6.45) is 7.11. The highest BCUT2D eigenvalue weighted by atomic mass is 16.5. The molecular weight excluding hydrogens is 384 g/mol. The molecule has 0 saturated heterocycles. The third-order valence-corrected chi connectivity index (χ3v) is 5.80. The minimum absolute atomic E-state index is 0.124. The lowest BCUT2D eigenvalue weighted by molar-refractivity contribution is -0.129. The second-order valence-electron chi connectivity index (χ2n) is 8.12. The average Bonchev–Trinajstić information content (AvgIpc) is 2.90. The summed E-state index contributed by atoms with van der Waals surface area (Å²) in [7, 11) is 0. The molecule has 3 amide bonds. The summed E-state index contributed by atoms with van der Waals surface area (Å²) in [6.45, 7) is 3.89. The molecule has 162 valence electrons. The fraction of sp³-hybridized carbons (Fsp3) is 0.565. The van der Waals surface area contributed by atoms with Gasteiger partial charge < -0.3 is 10.1 Å². The Morgan fingerprint density at radius 3 is 2.43 bits per heavy atom. The lowest BCUT2D eigenvalue weighted by Gasteiger charge is -2.19. The lowest BCUT2D eigenvalue weighted by Crippen LogP contribution is -2.41. The Bertz CT molecular complexity index is 827. The number of unbranched alkanes of at least 4 members (excludes halogenated alkanes) is 1. The monoisotopic (exact) mass is 414 g/mol. The van der Waals surface area contributed by atoms with Crippen molar-refractivity contribution in [2.45, 2.75) is 77.4 Å². The minimum atomic E-state index is -0.938. The highest BCUT2D eigenvalue weighted by molar-refractivity contribution is 6.22. The SMILES string of the molecule is CCCCN1C(=O)c2ccc(C(=O)O[C@@H](C)C(=O)NC3CCCCCC3)cc2C1=O. The number of imide groups is 1. The molecule has 7 heteroatoms. The molecule has 0 spiro atoms. The van der Waals surface area contributed by atoms with E-state index >= 15 is 0 Å². The summed E-state index contributed by atoms with van der Waals surface area (Å²) in [4.78, 5) is 51.1. The summed E-state index contributed by atoms with van der Waals surface area (Å²) >= 11 is 0. The van der Waals surface area contributed by atoms with Crippen molar-refractivity contribution in [3.8, 4) is 0 Å². The Kier molecular flexibility index (Phi) is 7.24. The Morgan fingerprint density at radius 1 is 1.10 bits per heavy atom. The third-order valence-electron chi connectivity index (χ3n) is 5.80. The van der Waals surface area contributed by atoms with E-state index in [0.29, 0.717) is 12.1 Å². The summed E-state index contributed by atoms with van der Waals surface area (Å²) in [6, 6.07) is 4.46. The second kappa shape index (κ2) is 9.87. The molecule has 0 aromatic heterocycles. The minimum Gasteiger partial charge on any atom is -0.449 e. The first kappa shape index (κ1) is 22.0. The molecule has 1 fully saturated rings. The summed E-state index contributed by atoms with van der Waals surface area (Å²) < 4.78 is 5.32. The van der Waals surface area contributed by atoms with E-state index in [1.807, 2.05) is 6.92 Å². The van der Waals surface area contributed by atoms with Gasteiger partial charge in [0.15, 0.2) is 6.10 Å². The molecule has 3 rings (SSSR count). The first-order valence-electron chi connectivity index (χ1n) is 10.9. The lowest BCUT2D eigenvalue weighted by atomic mass is 10.1. The molecule has 0 unspecified atom stereocenters. The van der Waals surface area contributed by atoms with Gasteiger partial charge in [0.05, 0.1) is 16.7 Å². The van der Waals surface area contributed by atoms with Crippen molar-refractivity contribution in [1.82, 2.24) is 10.2 Å². The summed E-state index contributed by atoms with van der Waals surface area (Å²) in [5.41, 5.74) is 0.661. The molecule has 1 aliphatic heterocycles. The topological polar surface area (TPSA) is 92.8 Å². The van der Waals surface area contributed by atoms with Gasteiger partial charge in [-0.2, -0.15) is 0 Å². The molecule has 1 aromatic carbocycles. The molecule has 0 radical (unpaired) electrons. The Balaban J connectivity index is 1.62. The van der Waals surface area contributed by atoms with Gasteiger partial charge in [-0.1, -0.05) is 39.0 Å². The van der Waals surface area contributed by atoms with Crippen LogP contribution in [0.15, 0.2) is 18.2 Å². The van der Waals surface area contributed by atoms with Crippen molar-refractivity contribution in [2.75, 3.05) is 6.54 Å². The number of carbonyl (C=O) groups is 4. The number of benzene rings is 1. The van der Waals surface area contributed by atoms with E-state index in [2.05, 4.69) is 5.32 Å². The van der Waals surface area contributed by atoms with Crippen LogP contribution in [0.25, 0.3) is 0 Å². The second-order valence-corrected chi connectivity index (χ2v) is 8.12. The average molecular weight is 415 g/mol. The van der Waals surface area contributed by atoms with E-state index in [1.54, 1.807) is 6.92 Å². The Morgan fingerprint density at radius 2 is 1.77 bits per heavy atom. The van der Waals surface area contributed by atoms with Crippen LogP contribution in [0.2, 0.25) is 0 Å². The highest BCUT2D eigenvalue weighted by Gasteiger charge is 2.35. The van der Waals surface area contributed by atoms with Crippen molar-refractivity contribution in [1.29, 1.82) is 0 Å². The number of ether oxygens (including phenoxy) is 1. The number of carbonyl (C=O) groups excluding carboxylic acids is 4. The number of hydrogen-bond donors (Lipinski definition) is 1. The maximum atomic E-state index is 12.6. The number of hydrogen-bond acceptors (Lipinski definition) is 5. The van der Waals surface area contributed by atoms with Crippen LogP contribution in [0.4, 0.5) is 0 Å². The maximum absolute atomic E-state index is 12.6. The van der Waals surface area contributed by atoms with Crippen molar-refractivity contribution in [3.63, 3.8) is 0 Å². The molecular formula is C23H30N2O5. The van der Waals surface area contributed by atoms with Gasteiger partial charge >= 0.3 is 5.97 Å². The van der Waals surface area contributed by atoms with Crippen molar-refractivity contribution < 1.29 is 23.9 Å². The fourth-order valence-corrected chi connectivity index (χ4v) is 3.96. The number of fused-ring (bicyclic) bond motifs is 1. The van der Waals surface area contributed by atoms with Crippen LogP contribution in [0.5, 0.6) is 0 Å². The van der Waals surface area contributed by atoms with E-state index in [0.717, 1.165) is 38.5 Å². The van der Waals surface area contributed by atoms with Gasteiger partial charge in [-0.25, -0.2) is 4.79 Å². The quantitative estimate of drug-likeness (QED) is 0.419. The fourth-order valence-electron chi connectivity index (χ4n) is 3.96. The maximum Gasteiger partial charge on any atom is 0.338 e. The Labute approximate surface area is 177 Å². The van der Waals surface area contributed by atoms with E-state index in [4.69, 9.17) is 4.74 Å². The van der Waals surface area contributed by atoms with Gasteiger partial charge in [-0.3, -0.25) is 19.3 Å². The van der Waals surface area contributed by atoms with Gasteiger partial charge in [0.2, 0.25) is 0 Å². The molecule has 1 atom stereocenters. The van der Waals surface area contributed by atoms with E-state index in [-0.39, 0.29) is 29.0 Å². The molecule has 0 bridgehead atoms. The van der Waals surface area contributed by atoms with Crippen molar-refractivity contribution in [2.24, 2.45) is 0 Å². The van der Waals surface area contributed by atoms with Crippen LogP contribution in [0.1, 0.15) is 96.3 Å². The predicted octanol–water partition coefficient (Wildman–Crippen LogP) is 3.47. The molecule has 1 N–H and O–H groups in total. The molecule has 1 heterocycles. The van der Waals surface area contributed by atoms with Crippen LogP contribution in [0.3, 0.4) is 0 Å². The first-order valence-corrected chi connectivity index (χ1v) is 10.9. The zero-order valence-corrected chi connectivity index (χ0v) is 17.7. The van der Waals surface area contributed by atoms with Crippen LogP contribution in [0, 0.1) is 0 Å². The first-order chi connectivity index (χ1) is 14.4. The zero-order valence-electron chi connectivity index (χ0n) is 17.7.